The van der Waals surface area contributed by atoms with E-state index in [0.29, 0.717) is 16.6 Å². The molecule has 106 valence electrons. The Morgan fingerprint density at radius 2 is 2.05 bits per heavy atom. The average Bonchev–Trinajstić information content (AvgIpc) is 2.37. The molecule has 1 aromatic rings. The molecule has 0 aliphatic rings. The van der Waals surface area contributed by atoms with Gasteiger partial charge in [0.2, 0.25) is 0 Å². The number of anilines is 1. The monoisotopic (exact) mass is 282 g/mol. The summed E-state index contributed by atoms with van der Waals surface area (Å²) in [6, 6.07) is 5.74. The van der Waals surface area contributed by atoms with Gasteiger partial charge in [0, 0.05) is 30.8 Å². The fourth-order valence-electron chi connectivity index (χ4n) is 2.01. The molecule has 4 heteroatoms. The van der Waals surface area contributed by atoms with Crippen molar-refractivity contribution in [2.24, 2.45) is 0 Å². The minimum atomic E-state index is -0.00878. The number of halogens is 1. The molecule has 0 radical (unpaired) electrons. The molecule has 1 N–H and O–H groups in total. The van der Waals surface area contributed by atoms with Gasteiger partial charge in [-0.15, -0.1) is 0 Å². The smallest absolute Gasteiger partial charge is 0.255 e. The molecule has 0 aliphatic heterocycles. The van der Waals surface area contributed by atoms with Gasteiger partial charge in [-0.25, -0.2) is 0 Å². The van der Waals surface area contributed by atoms with E-state index >= 15 is 0 Å². The highest BCUT2D eigenvalue weighted by Crippen LogP contribution is 2.24. The summed E-state index contributed by atoms with van der Waals surface area (Å²) in [6.07, 6.45) is 3.22. The van der Waals surface area contributed by atoms with Gasteiger partial charge in [-0.2, -0.15) is 0 Å². The lowest BCUT2D eigenvalue weighted by Gasteiger charge is -2.21. The van der Waals surface area contributed by atoms with E-state index in [9.17, 15) is 4.79 Å². The predicted molar refractivity (Wildman–Crippen MR) is 82.1 cm³/mol. The van der Waals surface area contributed by atoms with E-state index in [2.05, 4.69) is 19.2 Å². The van der Waals surface area contributed by atoms with Crippen molar-refractivity contribution in [2.45, 2.75) is 39.2 Å². The van der Waals surface area contributed by atoms with E-state index in [1.54, 1.807) is 31.1 Å². The van der Waals surface area contributed by atoms with Crippen molar-refractivity contribution in [2.75, 3.05) is 19.4 Å². The van der Waals surface area contributed by atoms with Crippen LogP contribution in [0.25, 0.3) is 0 Å². The zero-order valence-corrected chi connectivity index (χ0v) is 12.9. The molecule has 1 atom stereocenters. The second-order valence-corrected chi connectivity index (χ2v) is 5.36. The van der Waals surface area contributed by atoms with Crippen LogP contribution in [-0.4, -0.2) is 30.9 Å². The third kappa shape index (κ3) is 4.43. The van der Waals surface area contributed by atoms with Crippen LogP contribution in [0.2, 0.25) is 5.02 Å². The highest BCUT2D eigenvalue weighted by Gasteiger charge is 2.15. The summed E-state index contributed by atoms with van der Waals surface area (Å²) in [7, 11) is 3.51. The van der Waals surface area contributed by atoms with Crippen molar-refractivity contribution in [1.29, 1.82) is 0 Å². The molecule has 0 saturated carbocycles. The minimum absolute atomic E-state index is 0.00878. The Kier molecular flexibility index (Phi) is 6.16. The van der Waals surface area contributed by atoms with E-state index in [4.69, 9.17) is 11.6 Å². The van der Waals surface area contributed by atoms with Crippen LogP contribution in [0.15, 0.2) is 18.2 Å². The number of benzene rings is 1. The Labute approximate surface area is 120 Å². The summed E-state index contributed by atoms with van der Waals surface area (Å²) < 4.78 is 0. The summed E-state index contributed by atoms with van der Waals surface area (Å²) in [5.74, 6) is -0.00878. The van der Waals surface area contributed by atoms with Crippen LogP contribution in [0, 0.1) is 0 Å². The number of nitrogens with zero attached hydrogens (tertiary/aromatic N) is 1. The summed E-state index contributed by atoms with van der Waals surface area (Å²) in [5.41, 5.74) is 1.50. The Hall–Kier alpha value is -1.22. The lowest BCUT2D eigenvalue weighted by atomic mass is 10.1. The van der Waals surface area contributed by atoms with E-state index < -0.39 is 0 Å². The van der Waals surface area contributed by atoms with Crippen LogP contribution in [0.5, 0.6) is 0 Å². The van der Waals surface area contributed by atoms with Crippen LogP contribution >= 0.6 is 11.6 Å². The van der Waals surface area contributed by atoms with Crippen LogP contribution in [0.1, 0.15) is 43.5 Å². The van der Waals surface area contributed by atoms with Crippen molar-refractivity contribution in [3.8, 4) is 0 Å². The first-order valence-corrected chi connectivity index (χ1v) is 7.15. The van der Waals surface area contributed by atoms with Crippen molar-refractivity contribution < 1.29 is 4.79 Å². The molecule has 0 heterocycles. The normalized spacial score (nSPS) is 12.1. The van der Waals surface area contributed by atoms with Gasteiger partial charge in [-0.1, -0.05) is 31.9 Å². The van der Waals surface area contributed by atoms with Gasteiger partial charge in [0.1, 0.15) is 0 Å². The SMILES string of the molecule is CCCC(CC)Nc1cc(Cl)ccc1C(=O)N(C)C. The molecule has 3 nitrogen and oxygen atoms in total. The van der Waals surface area contributed by atoms with Gasteiger partial charge in [0.15, 0.2) is 0 Å². The van der Waals surface area contributed by atoms with Gasteiger partial charge < -0.3 is 10.2 Å². The second-order valence-electron chi connectivity index (χ2n) is 4.93. The van der Waals surface area contributed by atoms with E-state index in [-0.39, 0.29) is 5.91 Å². The molecule has 1 aromatic carbocycles. The Balaban J connectivity index is 3.03. The van der Waals surface area contributed by atoms with Crippen LogP contribution < -0.4 is 5.32 Å². The third-order valence-electron chi connectivity index (χ3n) is 3.11. The van der Waals surface area contributed by atoms with E-state index in [1.165, 1.54) is 0 Å². The molecule has 19 heavy (non-hydrogen) atoms. The topological polar surface area (TPSA) is 32.3 Å². The fourth-order valence-corrected chi connectivity index (χ4v) is 2.18. The first kappa shape index (κ1) is 15.8. The van der Waals surface area contributed by atoms with Gasteiger partial charge in [-0.3, -0.25) is 4.79 Å². The predicted octanol–water partition coefficient (Wildman–Crippen LogP) is 4.03. The summed E-state index contributed by atoms with van der Waals surface area (Å²) in [4.78, 5) is 13.7. The van der Waals surface area contributed by atoms with Crippen LogP contribution in [0.4, 0.5) is 5.69 Å². The highest BCUT2D eigenvalue weighted by atomic mass is 35.5. The highest BCUT2D eigenvalue weighted by molar-refractivity contribution is 6.31. The average molecular weight is 283 g/mol. The van der Waals surface area contributed by atoms with Gasteiger partial charge in [0.05, 0.1) is 5.56 Å². The number of rotatable bonds is 6. The van der Waals surface area contributed by atoms with Gasteiger partial charge in [-0.05, 0) is 31.0 Å². The maximum Gasteiger partial charge on any atom is 0.255 e. The molecule has 0 fully saturated rings. The second kappa shape index (κ2) is 7.39. The fraction of sp³-hybridized carbons (Fsp3) is 0.533. The van der Waals surface area contributed by atoms with E-state index in [0.717, 1.165) is 24.9 Å². The molecular formula is C15H23ClN2O. The molecule has 1 amide bonds. The Morgan fingerprint density at radius 3 is 2.58 bits per heavy atom. The molecule has 1 unspecified atom stereocenters. The lowest BCUT2D eigenvalue weighted by molar-refractivity contribution is 0.0828. The summed E-state index contributed by atoms with van der Waals surface area (Å²) in [5, 5.41) is 4.09. The molecule has 0 aromatic heterocycles. The third-order valence-corrected chi connectivity index (χ3v) is 3.34. The number of amides is 1. The molecule has 0 saturated heterocycles. The van der Waals surface area contributed by atoms with Gasteiger partial charge >= 0.3 is 0 Å². The zero-order valence-electron chi connectivity index (χ0n) is 12.2. The van der Waals surface area contributed by atoms with E-state index in [1.807, 2.05) is 6.07 Å². The maximum atomic E-state index is 12.1. The van der Waals surface area contributed by atoms with Crippen molar-refractivity contribution >= 4 is 23.2 Å². The quantitative estimate of drug-likeness (QED) is 0.854. The Bertz CT molecular complexity index is 432. The van der Waals surface area contributed by atoms with Crippen molar-refractivity contribution in [1.82, 2.24) is 4.90 Å². The van der Waals surface area contributed by atoms with Crippen molar-refractivity contribution in [3.63, 3.8) is 0 Å². The largest absolute Gasteiger partial charge is 0.382 e. The lowest BCUT2D eigenvalue weighted by Crippen LogP contribution is -2.25. The molecule has 1 rings (SSSR count). The number of hydrogen-bond acceptors (Lipinski definition) is 2. The first-order chi connectivity index (χ1) is 8.99. The number of nitrogens with one attached hydrogen (secondary N) is 1. The number of hydrogen-bond donors (Lipinski definition) is 1. The maximum absolute atomic E-state index is 12.1. The zero-order chi connectivity index (χ0) is 14.4. The summed E-state index contributed by atoms with van der Waals surface area (Å²) in [6.45, 7) is 4.31. The molecule has 0 spiro atoms. The van der Waals surface area contributed by atoms with Crippen molar-refractivity contribution in [3.05, 3.63) is 28.8 Å². The molecular weight excluding hydrogens is 260 g/mol. The Morgan fingerprint density at radius 1 is 1.37 bits per heavy atom. The summed E-state index contributed by atoms with van der Waals surface area (Å²) >= 11 is 6.04. The minimum Gasteiger partial charge on any atom is -0.382 e. The van der Waals surface area contributed by atoms with Gasteiger partial charge in [0.25, 0.3) is 5.91 Å². The number of carbonyl (C=O) groups is 1. The molecule has 0 aliphatic carbocycles. The first-order valence-electron chi connectivity index (χ1n) is 6.77. The van der Waals surface area contributed by atoms with Crippen LogP contribution in [0.3, 0.4) is 0 Å². The van der Waals surface area contributed by atoms with Crippen LogP contribution in [-0.2, 0) is 0 Å². The molecule has 0 bridgehead atoms. The standard InChI is InChI=1S/C15H23ClN2O/c1-5-7-12(6-2)17-14-10-11(16)8-9-13(14)15(19)18(3)4/h8-10,12,17H,5-7H2,1-4H3. The number of carbonyl (C=O) groups excluding carboxylic acids is 1.